The Bertz CT molecular complexity index is 879. The van der Waals surface area contributed by atoms with Gasteiger partial charge < -0.3 is 18.9 Å². The summed E-state index contributed by atoms with van der Waals surface area (Å²) in [5, 5.41) is 11.1. The van der Waals surface area contributed by atoms with Crippen molar-refractivity contribution in [3.63, 3.8) is 0 Å². The fraction of sp³-hybridized carbons (Fsp3) is 0.350. The van der Waals surface area contributed by atoms with E-state index in [0.29, 0.717) is 22.6 Å². The van der Waals surface area contributed by atoms with Crippen LogP contribution in [0.2, 0.25) is 0 Å². The van der Waals surface area contributed by atoms with Crippen LogP contribution in [0.15, 0.2) is 36.4 Å². The van der Waals surface area contributed by atoms with Gasteiger partial charge in [0.25, 0.3) is 5.69 Å². The van der Waals surface area contributed by atoms with Crippen LogP contribution < -0.4 is 9.47 Å². The van der Waals surface area contributed by atoms with Crippen LogP contribution in [0.3, 0.4) is 0 Å². The van der Waals surface area contributed by atoms with Gasteiger partial charge in [0.1, 0.15) is 18.1 Å². The maximum Gasteiger partial charge on any atom is 0.344 e. The first kappa shape index (κ1) is 19.6. The molecule has 3 rings (SSSR count). The maximum atomic E-state index is 12.1. The van der Waals surface area contributed by atoms with Crippen molar-refractivity contribution in [3.8, 4) is 11.5 Å². The molecule has 0 bridgehead atoms. The quantitative estimate of drug-likeness (QED) is 0.406. The summed E-state index contributed by atoms with van der Waals surface area (Å²) in [6.45, 7) is 3.90. The smallest absolute Gasteiger partial charge is 0.344 e. The van der Waals surface area contributed by atoms with Crippen molar-refractivity contribution >= 4 is 11.7 Å². The van der Waals surface area contributed by atoms with E-state index >= 15 is 0 Å². The molecule has 0 saturated carbocycles. The number of para-hydroxylation sites is 1. The molecule has 1 aliphatic heterocycles. The first-order valence-corrected chi connectivity index (χ1v) is 8.83. The maximum absolute atomic E-state index is 12.1. The summed E-state index contributed by atoms with van der Waals surface area (Å²) in [6.07, 6.45) is 0. The molecule has 1 heterocycles. The first-order chi connectivity index (χ1) is 13.5. The van der Waals surface area contributed by atoms with Crippen LogP contribution in [0.1, 0.15) is 36.5 Å². The fourth-order valence-corrected chi connectivity index (χ4v) is 2.92. The number of nitro groups is 1. The molecule has 0 aromatic heterocycles. The number of hydrogen-bond acceptors (Lipinski definition) is 7. The monoisotopic (exact) mass is 387 g/mol. The van der Waals surface area contributed by atoms with Gasteiger partial charge in [-0.3, -0.25) is 10.1 Å². The van der Waals surface area contributed by atoms with Crippen LogP contribution in [0.25, 0.3) is 0 Å². The molecule has 0 amide bonds. The van der Waals surface area contributed by atoms with E-state index in [1.165, 1.54) is 12.1 Å². The molecule has 0 saturated heterocycles. The number of benzene rings is 2. The van der Waals surface area contributed by atoms with Crippen LogP contribution in [0.4, 0.5) is 5.69 Å². The lowest BCUT2D eigenvalue weighted by molar-refractivity contribution is -0.385. The Morgan fingerprint density at radius 1 is 1.29 bits per heavy atom. The molecule has 28 heavy (non-hydrogen) atoms. The van der Waals surface area contributed by atoms with Crippen LogP contribution in [0, 0.1) is 10.1 Å². The van der Waals surface area contributed by atoms with Crippen molar-refractivity contribution in [2.45, 2.75) is 33.0 Å². The summed E-state index contributed by atoms with van der Waals surface area (Å²) < 4.78 is 21.4. The Kier molecular flexibility index (Phi) is 6.10. The molecule has 0 spiro atoms. The van der Waals surface area contributed by atoms with Crippen molar-refractivity contribution in [1.82, 2.24) is 0 Å². The van der Waals surface area contributed by atoms with E-state index in [9.17, 15) is 14.9 Å². The van der Waals surface area contributed by atoms with Gasteiger partial charge >= 0.3 is 5.97 Å². The van der Waals surface area contributed by atoms with Crippen molar-refractivity contribution in [1.29, 1.82) is 0 Å². The molecule has 2 aromatic rings. The Balaban J connectivity index is 1.65. The predicted octanol–water partition coefficient (Wildman–Crippen LogP) is 3.71. The van der Waals surface area contributed by atoms with E-state index < -0.39 is 10.9 Å². The third kappa shape index (κ3) is 4.58. The lowest BCUT2D eigenvalue weighted by Gasteiger charge is -2.20. The van der Waals surface area contributed by atoms with Gasteiger partial charge in [-0.15, -0.1) is 0 Å². The van der Waals surface area contributed by atoms with Gasteiger partial charge in [-0.05, 0) is 17.5 Å². The largest absolute Gasteiger partial charge is 0.482 e. The minimum Gasteiger partial charge on any atom is -0.482 e. The molecule has 0 atom stereocenters. The van der Waals surface area contributed by atoms with E-state index in [2.05, 4.69) is 0 Å². The second kappa shape index (κ2) is 8.71. The van der Waals surface area contributed by atoms with Gasteiger partial charge in [0.05, 0.1) is 11.5 Å². The van der Waals surface area contributed by atoms with Crippen LogP contribution >= 0.6 is 0 Å². The predicted molar refractivity (Wildman–Crippen MR) is 99.2 cm³/mol. The Morgan fingerprint density at radius 2 is 2.07 bits per heavy atom. The lowest BCUT2D eigenvalue weighted by atomic mass is 10.0. The minimum atomic E-state index is -0.578. The lowest BCUT2D eigenvalue weighted by Crippen LogP contribution is -2.17. The molecular formula is C20H21NO7. The number of rotatable bonds is 7. The highest BCUT2D eigenvalue weighted by Crippen LogP contribution is 2.33. The zero-order chi connectivity index (χ0) is 20.1. The zero-order valence-electron chi connectivity index (χ0n) is 15.7. The number of hydrogen-bond donors (Lipinski definition) is 0. The highest BCUT2D eigenvalue weighted by molar-refractivity contribution is 5.71. The van der Waals surface area contributed by atoms with E-state index in [-0.39, 0.29) is 38.2 Å². The molecule has 0 aliphatic carbocycles. The number of fused-ring (bicyclic) bond motifs is 1. The number of carbonyl (C=O) groups excluding carboxylic acids is 1. The summed E-state index contributed by atoms with van der Waals surface area (Å²) in [6, 6.07) is 10.2. The van der Waals surface area contributed by atoms with E-state index in [1.54, 1.807) is 6.07 Å². The second-order valence-corrected chi connectivity index (χ2v) is 6.60. The molecule has 0 unspecified atom stereocenters. The van der Waals surface area contributed by atoms with Gasteiger partial charge in [0.15, 0.2) is 13.4 Å². The Hall–Kier alpha value is -3.13. The summed E-state index contributed by atoms with van der Waals surface area (Å²) in [5.74, 6) is 0.757. The highest BCUT2D eigenvalue weighted by atomic mass is 16.7. The third-order valence-electron chi connectivity index (χ3n) is 4.26. The van der Waals surface area contributed by atoms with Crippen LogP contribution in [-0.2, 0) is 27.5 Å². The zero-order valence-corrected chi connectivity index (χ0v) is 15.7. The Morgan fingerprint density at radius 3 is 2.82 bits per heavy atom. The van der Waals surface area contributed by atoms with Gasteiger partial charge in [0, 0.05) is 23.3 Å². The number of carbonyl (C=O) groups is 1. The molecule has 8 heteroatoms. The van der Waals surface area contributed by atoms with Crippen molar-refractivity contribution in [2.24, 2.45) is 0 Å². The van der Waals surface area contributed by atoms with Gasteiger partial charge in [-0.2, -0.15) is 0 Å². The molecular weight excluding hydrogens is 366 g/mol. The topological polar surface area (TPSA) is 97.1 Å². The fourth-order valence-electron chi connectivity index (χ4n) is 2.92. The average Bonchev–Trinajstić information content (AvgIpc) is 2.70. The number of ether oxygens (including phenoxy) is 4. The number of non-ortho nitro benzene ring substituents is 1. The normalized spacial score (nSPS) is 12.8. The minimum absolute atomic E-state index is 0.0425. The second-order valence-electron chi connectivity index (χ2n) is 6.60. The highest BCUT2D eigenvalue weighted by Gasteiger charge is 2.22. The molecule has 0 fully saturated rings. The molecule has 0 radical (unpaired) electrons. The molecule has 8 nitrogen and oxygen atoms in total. The molecule has 0 N–H and O–H groups in total. The average molecular weight is 387 g/mol. The van der Waals surface area contributed by atoms with E-state index in [1.807, 2.05) is 32.0 Å². The van der Waals surface area contributed by atoms with Crippen molar-refractivity contribution in [2.75, 3.05) is 13.4 Å². The third-order valence-corrected chi connectivity index (χ3v) is 4.26. The Labute approximate surface area is 162 Å². The molecule has 148 valence electrons. The molecule has 1 aliphatic rings. The molecule has 2 aromatic carbocycles. The number of esters is 1. The van der Waals surface area contributed by atoms with E-state index in [0.717, 1.165) is 5.56 Å². The van der Waals surface area contributed by atoms with Crippen molar-refractivity contribution < 1.29 is 28.7 Å². The summed E-state index contributed by atoms with van der Waals surface area (Å²) >= 11 is 0. The van der Waals surface area contributed by atoms with Crippen LogP contribution in [-0.4, -0.2) is 24.3 Å². The van der Waals surface area contributed by atoms with Gasteiger partial charge in [-0.1, -0.05) is 32.0 Å². The standard InChI is InChI=1S/C20H21NO7/c1-13(2)17-5-3-4-6-18(17)26-11-19(22)27-10-15-8-16(21(23)24)7-14-9-25-12-28-20(14)15/h3-8,13H,9-12H2,1-2H3. The SMILES string of the molecule is CC(C)c1ccccc1OCC(=O)OCc1cc([N+](=O)[O-])cc2c1OCOC2. The first-order valence-electron chi connectivity index (χ1n) is 8.83. The number of nitro benzene ring substituents is 1. The van der Waals surface area contributed by atoms with Gasteiger partial charge in [0.2, 0.25) is 0 Å². The summed E-state index contributed by atoms with van der Waals surface area (Å²) in [5.41, 5.74) is 1.86. The van der Waals surface area contributed by atoms with Crippen LogP contribution in [0.5, 0.6) is 11.5 Å². The van der Waals surface area contributed by atoms with Gasteiger partial charge in [-0.25, -0.2) is 4.79 Å². The van der Waals surface area contributed by atoms with E-state index in [4.69, 9.17) is 18.9 Å². The van der Waals surface area contributed by atoms with Crippen molar-refractivity contribution in [3.05, 3.63) is 63.2 Å². The summed E-state index contributed by atoms with van der Waals surface area (Å²) in [4.78, 5) is 22.7. The number of nitrogens with zero attached hydrogens (tertiary/aromatic N) is 1. The summed E-state index contributed by atoms with van der Waals surface area (Å²) in [7, 11) is 0.